The summed E-state index contributed by atoms with van der Waals surface area (Å²) in [6, 6.07) is 0. The lowest BCUT2D eigenvalue weighted by molar-refractivity contribution is -0.117. The molecular formula is C5H7N3O. The van der Waals surface area contributed by atoms with E-state index in [0.717, 1.165) is 0 Å². The normalized spacial score (nSPS) is 9.44. The highest BCUT2D eigenvalue weighted by molar-refractivity contribution is 5.74. The Kier molecular flexibility index (Phi) is 1.58. The summed E-state index contributed by atoms with van der Waals surface area (Å²) in [5.74, 6) is 0.0613. The Morgan fingerprint density at radius 2 is 2.11 bits per heavy atom. The molecule has 1 aromatic heterocycles. The van der Waals surface area contributed by atoms with E-state index in [1.165, 1.54) is 11.7 Å². The lowest BCUT2D eigenvalue weighted by atomic mass is 10.5. The van der Waals surface area contributed by atoms with Crippen LogP contribution in [-0.4, -0.2) is 20.8 Å². The van der Waals surface area contributed by atoms with Gasteiger partial charge in [0, 0.05) is 0 Å². The van der Waals surface area contributed by atoms with Crippen LogP contribution in [0.4, 0.5) is 0 Å². The van der Waals surface area contributed by atoms with Gasteiger partial charge in [0.25, 0.3) is 0 Å². The van der Waals surface area contributed by atoms with Gasteiger partial charge in [0.1, 0.15) is 6.54 Å². The van der Waals surface area contributed by atoms with E-state index in [-0.39, 0.29) is 12.3 Å². The Balaban J connectivity index is 2.58. The number of Topliss-reactive ketones (excluding diaryl/α,β-unsaturated/α-hetero) is 1. The van der Waals surface area contributed by atoms with Crippen molar-refractivity contribution in [1.82, 2.24) is 15.0 Å². The molecule has 4 nitrogen and oxygen atoms in total. The van der Waals surface area contributed by atoms with Gasteiger partial charge in [-0.1, -0.05) is 0 Å². The fraction of sp³-hybridized carbons (Fsp3) is 0.400. The minimum atomic E-state index is 0.0613. The lowest BCUT2D eigenvalue weighted by Crippen LogP contribution is -2.08. The molecule has 1 rings (SSSR count). The zero-order chi connectivity index (χ0) is 6.69. The van der Waals surface area contributed by atoms with Crippen molar-refractivity contribution in [2.45, 2.75) is 13.5 Å². The van der Waals surface area contributed by atoms with Crippen LogP contribution >= 0.6 is 0 Å². The number of nitrogens with zero attached hydrogens (tertiary/aromatic N) is 3. The molecule has 0 spiro atoms. The number of hydrogen-bond donors (Lipinski definition) is 0. The number of rotatable bonds is 2. The minimum Gasteiger partial charge on any atom is -0.298 e. The minimum absolute atomic E-state index is 0.0613. The van der Waals surface area contributed by atoms with E-state index in [0.29, 0.717) is 0 Å². The van der Waals surface area contributed by atoms with Gasteiger partial charge in [-0.15, -0.1) is 0 Å². The highest BCUT2D eigenvalue weighted by atomic mass is 16.1. The van der Waals surface area contributed by atoms with Gasteiger partial charge < -0.3 is 0 Å². The van der Waals surface area contributed by atoms with Crippen LogP contribution < -0.4 is 0 Å². The average molecular weight is 125 g/mol. The fourth-order valence-electron chi connectivity index (χ4n) is 0.524. The Morgan fingerprint density at radius 3 is 2.56 bits per heavy atom. The van der Waals surface area contributed by atoms with Gasteiger partial charge in [0.05, 0.1) is 12.4 Å². The van der Waals surface area contributed by atoms with Gasteiger partial charge in [-0.3, -0.25) is 4.79 Å². The first-order chi connectivity index (χ1) is 4.29. The second kappa shape index (κ2) is 2.39. The summed E-state index contributed by atoms with van der Waals surface area (Å²) in [6.07, 6.45) is 3.09. The molecule has 0 N–H and O–H groups in total. The molecule has 0 bridgehead atoms. The van der Waals surface area contributed by atoms with Gasteiger partial charge in [-0.25, -0.2) is 0 Å². The van der Waals surface area contributed by atoms with Crippen LogP contribution in [0.5, 0.6) is 0 Å². The molecule has 0 amide bonds. The largest absolute Gasteiger partial charge is 0.298 e. The zero-order valence-corrected chi connectivity index (χ0v) is 5.11. The van der Waals surface area contributed by atoms with Gasteiger partial charge in [-0.05, 0) is 6.92 Å². The predicted molar refractivity (Wildman–Crippen MR) is 30.7 cm³/mol. The predicted octanol–water partition coefficient (Wildman–Crippen LogP) is -0.133. The summed E-state index contributed by atoms with van der Waals surface area (Å²) >= 11 is 0. The molecule has 1 aromatic rings. The Bertz CT molecular complexity index is 192. The Morgan fingerprint density at radius 1 is 1.56 bits per heavy atom. The number of aromatic nitrogens is 3. The molecule has 0 radical (unpaired) electrons. The maximum Gasteiger partial charge on any atom is 0.153 e. The van der Waals surface area contributed by atoms with Gasteiger partial charge in [-0.2, -0.15) is 15.0 Å². The van der Waals surface area contributed by atoms with Crippen molar-refractivity contribution < 1.29 is 4.79 Å². The molecule has 0 unspecified atom stereocenters. The third kappa shape index (κ3) is 1.64. The number of carbonyl (C=O) groups is 1. The summed E-state index contributed by atoms with van der Waals surface area (Å²) < 4.78 is 0. The van der Waals surface area contributed by atoms with E-state index >= 15 is 0 Å². The van der Waals surface area contributed by atoms with Crippen molar-refractivity contribution in [1.29, 1.82) is 0 Å². The van der Waals surface area contributed by atoms with Crippen molar-refractivity contribution in [2.75, 3.05) is 0 Å². The maximum absolute atomic E-state index is 10.4. The molecule has 0 aromatic carbocycles. The highest BCUT2D eigenvalue weighted by Gasteiger charge is 1.93. The smallest absolute Gasteiger partial charge is 0.153 e. The van der Waals surface area contributed by atoms with E-state index in [4.69, 9.17) is 0 Å². The second-order valence-electron chi connectivity index (χ2n) is 1.76. The Hall–Kier alpha value is -1.19. The topological polar surface area (TPSA) is 47.8 Å². The number of carbonyl (C=O) groups excluding carboxylic acids is 1. The molecule has 48 valence electrons. The van der Waals surface area contributed by atoms with E-state index in [1.807, 2.05) is 0 Å². The first-order valence-electron chi connectivity index (χ1n) is 2.62. The summed E-state index contributed by atoms with van der Waals surface area (Å²) in [7, 11) is 0. The van der Waals surface area contributed by atoms with Crippen LogP contribution in [-0.2, 0) is 11.3 Å². The maximum atomic E-state index is 10.4. The average Bonchev–Trinajstić information content (AvgIpc) is 2.15. The zero-order valence-electron chi connectivity index (χ0n) is 5.11. The van der Waals surface area contributed by atoms with Crippen LogP contribution in [0.2, 0.25) is 0 Å². The van der Waals surface area contributed by atoms with Crippen molar-refractivity contribution in [2.24, 2.45) is 0 Å². The summed E-state index contributed by atoms with van der Waals surface area (Å²) in [6.45, 7) is 1.77. The molecule has 0 aliphatic rings. The number of hydrogen-bond acceptors (Lipinski definition) is 3. The van der Waals surface area contributed by atoms with Crippen molar-refractivity contribution in [3.8, 4) is 0 Å². The molecule has 1 heterocycles. The fourth-order valence-corrected chi connectivity index (χ4v) is 0.524. The third-order valence-electron chi connectivity index (χ3n) is 0.831. The molecule has 0 saturated carbocycles. The first kappa shape index (κ1) is 5.94. The monoisotopic (exact) mass is 125 g/mol. The van der Waals surface area contributed by atoms with Crippen LogP contribution in [0, 0.1) is 0 Å². The third-order valence-corrected chi connectivity index (χ3v) is 0.831. The van der Waals surface area contributed by atoms with Crippen molar-refractivity contribution in [3.05, 3.63) is 12.4 Å². The first-order valence-corrected chi connectivity index (χ1v) is 2.62. The van der Waals surface area contributed by atoms with E-state index in [9.17, 15) is 4.79 Å². The van der Waals surface area contributed by atoms with Crippen LogP contribution in [0.1, 0.15) is 6.92 Å². The molecule has 9 heavy (non-hydrogen) atoms. The van der Waals surface area contributed by atoms with E-state index in [2.05, 4.69) is 10.2 Å². The number of ketones is 1. The molecule has 0 fully saturated rings. The molecule has 4 heteroatoms. The SMILES string of the molecule is CC(=O)Cn1nccn1. The molecule has 0 atom stereocenters. The summed E-state index contributed by atoms with van der Waals surface area (Å²) in [5.41, 5.74) is 0. The van der Waals surface area contributed by atoms with Gasteiger partial charge >= 0.3 is 0 Å². The van der Waals surface area contributed by atoms with E-state index < -0.39 is 0 Å². The molecule has 0 saturated heterocycles. The molecule has 0 aliphatic heterocycles. The molecular weight excluding hydrogens is 118 g/mol. The van der Waals surface area contributed by atoms with Gasteiger partial charge in [0.15, 0.2) is 5.78 Å². The highest BCUT2D eigenvalue weighted by Crippen LogP contribution is 1.78. The van der Waals surface area contributed by atoms with Crippen molar-refractivity contribution >= 4 is 5.78 Å². The Labute approximate surface area is 52.5 Å². The van der Waals surface area contributed by atoms with Crippen LogP contribution in [0.3, 0.4) is 0 Å². The van der Waals surface area contributed by atoms with E-state index in [1.54, 1.807) is 12.4 Å². The summed E-state index contributed by atoms with van der Waals surface area (Å²) in [4.78, 5) is 11.8. The van der Waals surface area contributed by atoms with Crippen LogP contribution in [0.25, 0.3) is 0 Å². The van der Waals surface area contributed by atoms with Gasteiger partial charge in [0.2, 0.25) is 0 Å². The molecule has 0 aliphatic carbocycles. The second-order valence-corrected chi connectivity index (χ2v) is 1.76. The summed E-state index contributed by atoms with van der Waals surface area (Å²) in [5, 5.41) is 7.48. The van der Waals surface area contributed by atoms with Crippen LogP contribution in [0.15, 0.2) is 12.4 Å². The van der Waals surface area contributed by atoms with Crippen molar-refractivity contribution in [3.63, 3.8) is 0 Å². The standard InChI is InChI=1S/C5H7N3O/c1-5(9)4-8-6-2-3-7-8/h2-3H,4H2,1H3. The quantitative estimate of drug-likeness (QED) is 0.553. The lowest BCUT2D eigenvalue weighted by Gasteiger charge is -1.90.